The lowest BCUT2D eigenvalue weighted by molar-refractivity contribution is 0.102. The molecular formula is C20H26N2O4S. The van der Waals surface area contributed by atoms with Crippen molar-refractivity contribution in [3.05, 3.63) is 54.1 Å². The van der Waals surface area contributed by atoms with Crippen LogP contribution in [0.15, 0.2) is 53.4 Å². The summed E-state index contributed by atoms with van der Waals surface area (Å²) in [6, 6.07) is 13.1. The maximum absolute atomic E-state index is 12.6. The van der Waals surface area contributed by atoms with Gasteiger partial charge in [-0.05, 0) is 56.3 Å². The predicted octanol–water partition coefficient (Wildman–Crippen LogP) is 3.76. The molecule has 0 heterocycles. The van der Waals surface area contributed by atoms with Crippen molar-refractivity contribution in [2.24, 2.45) is 0 Å². The molecule has 0 bridgehead atoms. The van der Waals surface area contributed by atoms with E-state index in [1.807, 2.05) is 13.8 Å². The minimum absolute atomic E-state index is 0.0557. The van der Waals surface area contributed by atoms with Crippen molar-refractivity contribution in [1.82, 2.24) is 4.31 Å². The molecule has 1 amide bonds. The maximum Gasteiger partial charge on any atom is 0.255 e. The summed E-state index contributed by atoms with van der Waals surface area (Å²) in [5.41, 5.74) is 0.888. The second-order valence-electron chi connectivity index (χ2n) is 6.26. The van der Waals surface area contributed by atoms with E-state index in [4.69, 9.17) is 4.74 Å². The monoisotopic (exact) mass is 390 g/mol. The summed E-state index contributed by atoms with van der Waals surface area (Å²) in [6.07, 6.45) is 0.0557. The molecule has 2 rings (SSSR count). The molecule has 6 nitrogen and oxygen atoms in total. The molecule has 7 heteroatoms. The second kappa shape index (κ2) is 9.01. The molecule has 0 atom stereocenters. The van der Waals surface area contributed by atoms with E-state index in [-0.39, 0.29) is 16.9 Å². The lowest BCUT2D eigenvalue weighted by Crippen LogP contribution is -2.30. The molecule has 1 N–H and O–H groups in total. The first-order valence-corrected chi connectivity index (χ1v) is 10.4. The van der Waals surface area contributed by atoms with Gasteiger partial charge in [-0.15, -0.1) is 0 Å². The molecule has 0 aliphatic carbocycles. The average molecular weight is 391 g/mol. The zero-order valence-electron chi connectivity index (χ0n) is 16.1. The van der Waals surface area contributed by atoms with Gasteiger partial charge in [-0.2, -0.15) is 4.31 Å². The second-order valence-corrected chi connectivity index (χ2v) is 8.20. The Kier molecular flexibility index (Phi) is 6.98. The van der Waals surface area contributed by atoms with E-state index >= 15 is 0 Å². The van der Waals surface area contributed by atoms with Gasteiger partial charge in [0, 0.05) is 24.3 Å². The Hall–Kier alpha value is -2.38. The third-order valence-corrected chi connectivity index (χ3v) is 5.97. The summed E-state index contributed by atoms with van der Waals surface area (Å²) < 4.78 is 32.2. The van der Waals surface area contributed by atoms with Gasteiger partial charge in [-0.25, -0.2) is 8.42 Å². The first kappa shape index (κ1) is 20.9. The highest BCUT2D eigenvalue weighted by Gasteiger charge is 2.21. The fourth-order valence-corrected chi connectivity index (χ4v) is 4.11. The van der Waals surface area contributed by atoms with Crippen LogP contribution in [0.1, 0.15) is 38.1 Å². The molecule has 0 unspecified atom stereocenters. The smallest absolute Gasteiger partial charge is 0.255 e. The van der Waals surface area contributed by atoms with E-state index in [1.54, 1.807) is 50.2 Å². The van der Waals surface area contributed by atoms with Gasteiger partial charge in [0.15, 0.2) is 0 Å². The number of anilines is 1. The third-order valence-electron chi connectivity index (χ3n) is 3.92. The fraction of sp³-hybridized carbons (Fsp3) is 0.350. The maximum atomic E-state index is 12.6. The third kappa shape index (κ3) is 5.30. The molecular weight excluding hydrogens is 364 g/mol. The number of rotatable bonds is 8. The van der Waals surface area contributed by atoms with Gasteiger partial charge in [0.25, 0.3) is 5.91 Å². The van der Waals surface area contributed by atoms with E-state index in [1.165, 1.54) is 16.4 Å². The standard InChI is InChI=1S/C20H26N2O4S/c1-5-22(6-2)27(24,25)19-9-7-8-17(14-19)21-20(23)16-10-12-18(13-11-16)26-15(3)4/h7-15H,5-6H2,1-4H3,(H,21,23). The van der Waals surface area contributed by atoms with E-state index in [2.05, 4.69) is 5.32 Å². The van der Waals surface area contributed by atoms with Gasteiger partial charge < -0.3 is 10.1 Å². The van der Waals surface area contributed by atoms with E-state index in [9.17, 15) is 13.2 Å². The normalized spacial score (nSPS) is 11.6. The van der Waals surface area contributed by atoms with Crippen LogP contribution >= 0.6 is 0 Å². The zero-order chi connectivity index (χ0) is 20.0. The first-order chi connectivity index (χ1) is 12.8. The number of benzene rings is 2. The number of nitrogens with one attached hydrogen (secondary N) is 1. The van der Waals surface area contributed by atoms with Crippen molar-refractivity contribution in [3.8, 4) is 5.75 Å². The van der Waals surface area contributed by atoms with Crippen molar-refractivity contribution in [1.29, 1.82) is 0 Å². The highest BCUT2D eigenvalue weighted by Crippen LogP contribution is 2.20. The predicted molar refractivity (Wildman–Crippen MR) is 107 cm³/mol. The quantitative estimate of drug-likeness (QED) is 0.745. The number of carbonyl (C=O) groups excluding carboxylic acids is 1. The lowest BCUT2D eigenvalue weighted by Gasteiger charge is -2.18. The number of hydrogen-bond donors (Lipinski definition) is 1. The Labute approximate surface area is 161 Å². The topological polar surface area (TPSA) is 75.7 Å². The highest BCUT2D eigenvalue weighted by atomic mass is 32.2. The van der Waals surface area contributed by atoms with Crippen molar-refractivity contribution in [2.45, 2.75) is 38.7 Å². The van der Waals surface area contributed by atoms with Gasteiger partial charge in [-0.1, -0.05) is 19.9 Å². The molecule has 2 aromatic rings. The van der Waals surface area contributed by atoms with Crippen LogP contribution in [0.2, 0.25) is 0 Å². The Bertz CT molecular complexity index is 873. The Balaban J connectivity index is 2.17. The van der Waals surface area contributed by atoms with E-state index in [0.717, 1.165) is 0 Å². The molecule has 0 radical (unpaired) electrons. The summed E-state index contributed by atoms with van der Waals surface area (Å²) in [7, 11) is -3.58. The van der Waals surface area contributed by atoms with Crippen LogP contribution in [0.25, 0.3) is 0 Å². The van der Waals surface area contributed by atoms with Gasteiger partial charge in [0.2, 0.25) is 10.0 Å². The zero-order valence-corrected chi connectivity index (χ0v) is 16.9. The van der Waals surface area contributed by atoms with Crippen molar-refractivity contribution >= 4 is 21.6 Å². The van der Waals surface area contributed by atoms with E-state index in [0.29, 0.717) is 30.1 Å². The van der Waals surface area contributed by atoms with Crippen LogP contribution in [0.4, 0.5) is 5.69 Å². The molecule has 0 aliphatic rings. The number of carbonyl (C=O) groups is 1. The average Bonchev–Trinajstić information content (AvgIpc) is 2.63. The molecule has 0 spiro atoms. The number of hydrogen-bond acceptors (Lipinski definition) is 4. The number of sulfonamides is 1. The molecule has 2 aromatic carbocycles. The van der Waals surface area contributed by atoms with Crippen LogP contribution in [0.5, 0.6) is 5.75 Å². The van der Waals surface area contributed by atoms with Crippen LogP contribution in [0.3, 0.4) is 0 Å². The summed E-state index contributed by atoms with van der Waals surface area (Å²) in [5, 5.41) is 2.74. The van der Waals surface area contributed by atoms with Crippen molar-refractivity contribution < 1.29 is 17.9 Å². The molecule has 0 saturated carbocycles. The minimum Gasteiger partial charge on any atom is -0.491 e. The van der Waals surface area contributed by atoms with Gasteiger partial charge in [0.1, 0.15) is 5.75 Å². The van der Waals surface area contributed by atoms with Crippen LogP contribution in [-0.4, -0.2) is 37.8 Å². The van der Waals surface area contributed by atoms with Crippen molar-refractivity contribution in [2.75, 3.05) is 18.4 Å². The fourth-order valence-electron chi connectivity index (χ4n) is 2.61. The van der Waals surface area contributed by atoms with Gasteiger partial charge in [0.05, 0.1) is 11.0 Å². The van der Waals surface area contributed by atoms with Crippen LogP contribution < -0.4 is 10.1 Å². The Morgan fingerprint density at radius 1 is 1.07 bits per heavy atom. The summed E-state index contributed by atoms with van der Waals surface area (Å²) in [6.45, 7) is 8.22. The minimum atomic E-state index is -3.58. The van der Waals surface area contributed by atoms with Crippen LogP contribution in [-0.2, 0) is 10.0 Å². The van der Waals surface area contributed by atoms with Crippen molar-refractivity contribution in [3.63, 3.8) is 0 Å². The molecule has 146 valence electrons. The highest BCUT2D eigenvalue weighted by molar-refractivity contribution is 7.89. The summed E-state index contributed by atoms with van der Waals surface area (Å²) >= 11 is 0. The summed E-state index contributed by atoms with van der Waals surface area (Å²) in [5.74, 6) is 0.373. The molecule has 0 aromatic heterocycles. The number of nitrogens with zero attached hydrogens (tertiary/aromatic N) is 1. The molecule has 0 aliphatic heterocycles. The largest absolute Gasteiger partial charge is 0.491 e. The lowest BCUT2D eigenvalue weighted by atomic mass is 10.2. The number of amides is 1. The SMILES string of the molecule is CCN(CC)S(=O)(=O)c1cccc(NC(=O)c2ccc(OC(C)C)cc2)c1. The van der Waals surface area contributed by atoms with Crippen LogP contribution in [0, 0.1) is 0 Å². The van der Waals surface area contributed by atoms with Gasteiger partial charge in [-0.3, -0.25) is 4.79 Å². The van der Waals surface area contributed by atoms with Gasteiger partial charge >= 0.3 is 0 Å². The molecule has 0 fully saturated rings. The first-order valence-electron chi connectivity index (χ1n) is 8.96. The summed E-state index contributed by atoms with van der Waals surface area (Å²) in [4.78, 5) is 12.6. The number of ether oxygens (including phenoxy) is 1. The van der Waals surface area contributed by atoms with E-state index < -0.39 is 10.0 Å². The Morgan fingerprint density at radius 3 is 2.26 bits per heavy atom. The molecule has 0 saturated heterocycles. The Morgan fingerprint density at radius 2 is 1.70 bits per heavy atom. The molecule has 27 heavy (non-hydrogen) atoms.